The predicted octanol–water partition coefficient (Wildman–Crippen LogP) is 1.54. The Morgan fingerprint density at radius 2 is 1.85 bits per heavy atom. The molecule has 2 N–H and O–H groups in total. The average molecular weight is 273 g/mol. The Balaban J connectivity index is 0.000000307. The maximum atomic E-state index is 10.1. The van der Waals surface area contributed by atoms with Crippen molar-refractivity contribution < 1.29 is 9.90 Å². The van der Waals surface area contributed by atoms with Gasteiger partial charge < -0.3 is 10.4 Å². The van der Waals surface area contributed by atoms with Crippen molar-refractivity contribution in [3.05, 3.63) is 35.9 Å². The number of aliphatic hydroxyl groups excluding tert-OH is 1. The third-order valence-electron chi connectivity index (χ3n) is 2.42. The molecule has 1 aliphatic rings. The summed E-state index contributed by atoms with van der Waals surface area (Å²) >= 11 is 0. The number of nitrogens with zero attached hydrogens (tertiary/aromatic N) is 2. The van der Waals surface area contributed by atoms with Gasteiger partial charge in [0.05, 0.1) is 0 Å². The molecule has 0 atom stereocenters. The van der Waals surface area contributed by atoms with E-state index in [0.29, 0.717) is 0 Å². The lowest BCUT2D eigenvalue weighted by molar-refractivity contribution is -0.119. The van der Waals surface area contributed by atoms with E-state index in [4.69, 9.17) is 15.6 Å². The third kappa shape index (κ3) is 10.8. The van der Waals surface area contributed by atoms with Crippen molar-refractivity contribution in [2.24, 2.45) is 0 Å². The molecule has 0 aromatic heterocycles. The van der Waals surface area contributed by atoms with E-state index in [2.05, 4.69) is 17.4 Å². The Hall–Kier alpha value is -2.37. The van der Waals surface area contributed by atoms with Gasteiger partial charge in [0.1, 0.15) is 0 Å². The lowest BCUT2D eigenvalue weighted by Gasteiger charge is -1.96. The van der Waals surface area contributed by atoms with E-state index >= 15 is 0 Å². The van der Waals surface area contributed by atoms with Crippen molar-refractivity contribution in [3.8, 4) is 12.1 Å². The number of nitriles is 2. The molecule has 0 spiro atoms. The molecule has 0 aliphatic carbocycles. The Morgan fingerprint density at radius 3 is 2.20 bits per heavy atom. The number of carbonyl (C=O) groups excluding carboxylic acids is 1. The van der Waals surface area contributed by atoms with E-state index in [1.807, 2.05) is 18.2 Å². The second-order valence-corrected chi connectivity index (χ2v) is 3.99. The van der Waals surface area contributed by atoms with Gasteiger partial charge in [-0.3, -0.25) is 4.79 Å². The van der Waals surface area contributed by atoms with E-state index in [-0.39, 0.29) is 12.5 Å². The Kier molecular flexibility index (Phi) is 11.5. The first-order valence-corrected chi connectivity index (χ1v) is 6.44. The number of carbonyl (C=O) groups is 1. The standard InChI is InChI=1S/C9H12O.C4H7NO.C2N2/c10-8-4-7-9-5-2-1-3-6-9;6-4-2-1-3-5-4;3-1-2-4/h1-3,5-6,10H,4,7-8H2;1-3H2,(H,5,6);. The van der Waals surface area contributed by atoms with Gasteiger partial charge >= 0.3 is 0 Å². The first kappa shape index (κ1) is 17.6. The minimum absolute atomic E-state index is 0.204. The molecule has 2 rings (SSSR count). The highest BCUT2D eigenvalue weighted by Gasteiger charge is 2.05. The van der Waals surface area contributed by atoms with Crippen molar-refractivity contribution in [2.75, 3.05) is 13.2 Å². The number of rotatable bonds is 3. The van der Waals surface area contributed by atoms with Crippen LogP contribution in [0.2, 0.25) is 0 Å². The van der Waals surface area contributed by atoms with Gasteiger partial charge in [-0.2, -0.15) is 10.5 Å². The monoisotopic (exact) mass is 273 g/mol. The molecule has 20 heavy (non-hydrogen) atoms. The first-order chi connectivity index (χ1) is 9.74. The summed E-state index contributed by atoms with van der Waals surface area (Å²) in [6.07, 6.45) is 3.61. The average Bonchev–Trinajstić information content (AvgIpc) is 2.98. The number of nitrogens with one attached hydrogen (secondary N) is 1. The van der Waals surface area contributed by atoms with Crippen LogP contribution in [0.4, 0.5) is 0 Å². The number of aliphatic hydroxyl groups is 1. The van der Waals surface area contributed by atoms with Crippen molar-refractivity contribution >= 4 is 5.91 Å². The molecular weight excluding hydrogens is 254 g/mol. The fourth-order valence-corrected chi connectivity index (χ4v) is 1.49. The molecule has 1 saturated heterocycles. The summed E-state index contributed by atoms with van der Waals surface area (Å²) < 4.78 is 0. The molecule has 0 saturated carbocycles. The van der Waals surface area contributed by atoms with Crippen LogP contribution in [0.15, 0.2) is 30.3 Å². The highest BCUT2D eigenvalue weighted by Crippen LogP contribution is 2.00. The van der Waals surface area contributed by atoms with Crippen LogP contribution >= 0.6 is 0 Å². The summed E-state index contributed by atoms with van der Waals surface area (Å²) in [7, 11) is 0. The zero-order chi connectivity index (χ0) is 15.1. The smallest absolute Gasteiger partial charge is 0.220 e. The van der Waals surface area contributed by atoms with Gasteiger partial charge in [0.2, 0.25) is 5.91 Å². The van der Waals surface area contributed by atoms with Crippen molar-refractivity contribution in [1.82, 2.24) is 5.32 Å². The van der Waals surface area contributed by atoms with Crippen LogP contribution in [0.25, 0.3) is 0 Å². The lowest BCUT2D eigenvalue weighted by atomic mass is 10.1. The van der Waals surface area contributed by atoms with Gasteiger partial charge in [-0.1, -0.05) is 30.3 Å². The second-order valence-electron chi connectivity index (χ2n) is 3.99. The fourth-order valence-electron chi connectivity index (χ4n) is 1.49. The Labute approximate surface area is 119 Å². The van der Waals surface area contributed by atoms with Gasteiger partial charge in [-0.15, -0.1) is 0 Å². The van der Waals surface area contributed by atoms with Crippen molar-refractivity contribution in [1.29, 1.82) is 10.5 Å². The number of amides is 1. The quantitative estimate of drug-likeness (QED) is 0.873. The van der Waals surface area contributed by atoms with Crippen molar-refractivity contribution in [3.63, 3.8) is 0 Å². The SMILES string of the molecule is N#CC#N.O=C1CCCN1.OCCCc1ccccc1. The van der Waals surface area contributed by atoms with Gasteiger partial charge in [0.15, 0.2) is 12.1 Å². The van der Waals surface area contributed by atoms with Gasteiger partial charge in [0.25, 0.3) is 0 Å². The third-order valence-corrected chi connectivity index (χ3v) is 2.42. The van der Waals surface area contributed by atoms with Crippen LogP contribution in [0.5, 0.6) is 0 Å². The normalized spacial score (nSPS) is 11.7. The molecule has 1 aromatic rings. The highest BCUT2D eigenvalue weighted by atomic mass is 16.2. The molecule has 5 nitrogen and oxygen atoms in total. The highest BCUT2D eigenvalue weighted by molar-refractivity contribution is 5.77. The molecule has 0 radical (unpaired) electrons. The summed E-state index contributed by atoms with van der Waals surface area (Å²) in [5.74, 6) is 0.204. The van der Waals surface area contributed by atoms with E-state index < -0.39 is 0 Å². The number of aryl methyl sites for hydroxylation is 1. The second kappa shape index (κ2) is 13.1. The lowest BCUT2D eigenvalue weighted by Crippen LogP contribution is -2.12. The van der Waals surface area contributed by atoms with Crippen LogP contribution < -0.4 is 5.32 Å². The summed E-state index contributed by atoms with van der Waals surface area (Å²) in [6.45, 7) is 1.17. The first-order valence-electron chi connectivity index (χ1n) is 6.44. The summed E-state index contributed by atoms with van der Waals surface area (Å²) in [5.41, 5.74) is 1.30. The van der Waals surface area contributed by atoms with Crippen LogP contribution in [-0.2, 0) is 11.2 Å². The van der Waals surface area contributed by atoms with E-state index in [1.54, 1.807) is 0 Å². The molecule has 1 amide bonds. The van der Waals surface area contributed by atoms with Crippen LogP contribution in [-0.4, -0.2) is 24.2 Å². The number of hydrogen-bond donors (Lipinski definition) is 2. The number of hydrogen-bond acceptors (Lipinski definition) is 4. The minimum atomic E-state index is 0.204. The zero-order valence-electron chi connectivity index (χ0n) is 11.4. The molecule has 1 aliphatic heterocycles. The molecule has 1 fully saturated rings. The number of benzene rings is 1. The summed E-state index contributed by atoms with van der Waals surface area (Å²) in [5, 5.41) is 25.7. The zero-order valence-corrected chi connectivity index (χ0v) is 11.4. The maximum absolute atomic E-state index is 10.1. The van der Waals surface area contributed by atoms with Crippen LogP contribution in [0.1, 0.15) is 24.8 Å². The van der Waals surface area contributed by atoms with E-state index in [1.165, 1.54) is 17.7 Å². The van der Waals surface area contributed by atoms with Gasteiger partial charge in [-0.05, 0) is 24.8 Å². The fraction of sp³-hybridized carbons (Fsp3) is 0.400. The molecule has 0 unspecified atom stereocenters. The van der Waals surface area contributed by atoms with Crippen LogP contribution in [0.3, 0.4) is 0 Å². The molecule has 5 heteroatoms. The topological polar surface area (TPSA) is 96.9 Å². The molecule has 106 valence electrons. The Morgan fingerprint density at radius 1 is 1.20 bits per heavy atom. The van der Waals surface area contributed by atoms with Gasteiger partial charge in [-0.25, -0.2) is 0 Å². The predicted molar refractivity (Wildman–Crippen MR) is 75.3 cm³/mol. The molecule has 0 bridgehead atoms. The molecular formula is C15H19N3O2. The Bertz CT molecular complexity index is 426. The largest absolute Gasteiger partial charge is 0.396 e. The van der Waals surface area contributed by atoms with E-state index in [0.717, 1.165) is 32.2 Å². The summed E-state index contributed by atoms with van der Waals surface area (Å²) in [6, 6.07) is 12.7. The van der Waals surface area contributed by atoms with Gasteiger partial charge in [0, 0.05) is 19.6 Å². The van der Waals surface area contributed by atoms with E-state index in [9.17, 15) is 4.79 Å². The van der Waals surface area contributed by atoms with Crippen LogP contribution in [0, 0.1) is 22.7 Å². The van der Waals surface area contributed by atoms with Crippen molar-refractivity contribution in [2.45, 2.75) is 25.7 Å². The molecule has 1 heterocycles. The minimum Gasteiger partial charge on any atom is -0.396 e. The summed E-state index contributed by atoms with van der Waals surface area (Å²) in [4.78, 5) is 10.1. The maximum Gasteiger partial charge on any atom is 0.220 e. The molecule has 1 aromatic carbocycles.